The Hall–Kier alpha value is -2.14. The van der Waals surface area contributed by atoms with Crippen LogP contribution in [0.5, 0.6) is 0 Å². The van der Waals surface area contributed by atoms with E-state index in [4.69, 9.17) is 0 Å². The number of para-hydroxylation sites is 1. The average molecular weight is 256 g/mol. The highest BCUT2D eigenvalue weighted by Gasteiger charge is 2.20. The second-order valence-corrected chi connectivity index (χ2v) is 4.51. The standard InChI is InChI=1S/C14H16N4O/c19-14(17-10-7-15-8-11-17)12-4-1-2-5-13(12)18-9-3-6-16-18/h1-6,9,15H,7-8,10-11H2. The van der Waals surface area contributed by atoms with E-state index in [2.05, 4.69) is 10.4 Å². The van der Waals surface area contributed by atoms with Crippen molar-refractivity contribution in [3.05, 3.63) is 48.3 Å². The van der Waals surface area contributed by atoms with Gasteiger partial charge in [-0.05, 0) is 18.2 Å². The molecule has 1 fully saturated rings. The van der Waals surface area contributed by atoms with Gasteiger partial charge in [-0.1, -0.05) is 12.1 Å². The Bertz CT molecular complexity index is 559. The number of rotatable bonds is 2. The average Bonchev–Trinajstić information content (AvgIpc) is 3.01. The van der Waals surface area contributed by atoms with Crippen LogP contribution in [0.3, 0.4) is 0 Å². The van der Waals surface area contributed by atoms with Crippen molar-refractivity contribution in [2.75, 3.05) is 26.2 Å². The maximum absolute atomic E-state index is 12.6. The second kappa shape index (κ2) is 5.24. The minimum Gasteiger partial charge on any atom is -0.336 e. The molecule has 1 aromatic carbocycles. The fraction of sp³-hybridized carbons (Fsp3) is 0.286. The van der Waals surface area contributed by atoms with Gasteiger partial charge in [-0.3, -0.25) is 4.79 Å². The molecular formula is C14H16N4O. The van der Waals surface area contributed by atoms with Crippen molar-refractivity contribution < 1.29 is 4.79 Å². The lowest BCUT2D eigenvalue weighted by molar-refractivity contribution is 0.0735. The second-order valence-electron chi connectivity index (χ2n) is 4.51. The van der Waals surface area contributed by atoms with Crippen molar-refractivity contribution in [2.24, 2.45) is 0 Å². The number of aromatic nitrogens is 2. The van der Waals surface area contributed by atoms with Crippen LogP contribution in [0.4, 0.5) is 0 Å². The Labute approximate surface area is 111 Å². The van der Waals surface area contributed by atoms with Crippen molar-refractivity contribution >= 4 is 5.91 Å². The first kappa shape index (κ1) is 11.9. The summed E-state index contributed by atoms with van der Waals surface area (Å²) in [5.41, 5.74) is 1.53. The number of hydrogen-bond acceptors (Lipinski definition) is 3. The first-order valence-corrected chi connectivity index (χ1v) is 6.45. The molecule has 0 radical (unpaired) electrons. The van der Waals surface area contributed by atoms with Crippen LogP contribution in [0, 0.1) is 0 Å². The first-order valence-electron chi connectivity index (χ1n) is 6.45. The van der Waals surface area contributed by atoms with Crippen LogP contribution < -0.4 is 5.32 Å². The first-order chi connectivity index (χ1) is 9.36. The largest absolute Gasteiger partial charge is 0.336 e. The maximum atomic E-state index is 12.6. The quantitative estimate of drug-likeness (QED) is 0.869. The zero-order valence-corrected chi connectivity index (χ0v) is 10.6. The van der Waals surface area contributed by atoms with E-state index in [-0.39, 0.29) is 5.91 Å². The van der Waals surface area contributed by atoms with Crippen molar-refractivity contribution in [1.82, 2.24) is 20.0 Å². The molecule has 5 heteroatoms. The third-order valence-electron chi connectivity index (χ3n) is 3.29. The van der Waals surface area contributed by atoms with Crippen LogP contribution in [0.25, 0.3) is 5.69 Å². The van der Waals surface area contributed by atoms with Gasteiger partial charge < -0.3 is 10.2 Å². The highest BCUT2D eigenvalue weighted by atomic mass is 16.2. The number of nitrogens with one attached hydrogen (secondary N) is 1. The van der Waals surface area contributed by atoms with Gasteiger partial charge in [-0.15, -0.1) is 0 Å². The SMILES string of the molecule is O=C(c1ccccc1-n1cccn1)N1CCNCC1. The predicted molar refractivity (Wildman–Crippen MR) is 72.3 cm³/mol. The molecule has 0 atom stereocenters. The fourth-order valence-electron chi connectivity index (χ4n) is 2.30. The normalized spacial score (nSPS) is 15.5. The number of carbonyl (C=O) groups excluding carboxylic acids is 1. The Morgan fingerprint density at radius 2 is 1.95 bits per heavy atom. The van der Waals surface area contributed by atoms with Crippen LogP contribution in [0.1, 0.15) is 10.4 Å². The molecule has 1 amide bonds. The smallest absolute Gasteiger partial charge is 0.256 e. The monoisotopic (exact) mass is 256 g/mol. The van der Waals surface area contributed by atoms with Gasteiger partial charge in [-0.25, -0.2) is 4.68 Å². The number of piperazine rings is 1. The number of amides is 1. The maximum Gasteiger partial charge on any atom is 0.256 e. The van der Waals surface area contributed by atoms with Crippen LogP contribution in [-0.2, 0) is 0 Å². The van der Waals surface area contributed by atoms with E-state index in [1.54, 1.807) is 10.9 Å². The highest BCUT2D eigenvalue weighted by molar-refractivity contribution is 5.97. The van der Waals surface area contributed by atoms with Crippen molar-refractivity contribution in [2.45, 2.75) is 0 Å². The van der Waals surface area contributed by atoms with E-state index in [0.29, 0.717) is 5.56 Å². The minimum atomic E-state index is 0.0765. The lowest BCUT2D eigenvalue weighted by Crippen LogP contribution is -2.46. The predicted octanol–water partition coefficient (Wildman–Crippen LogP) is 0.918. The summed E-state index contributed by atoms with van der Waals surface area (Å²) in [6.07, 6.45) is 3.57. The third kappa shape index (κ3) is 2.37. The van der Waals surface area contributed by atoms with Gasteiger partial charge in [0.2, 0.25) is 0 Å². The minimum absolute atomic E-state index is 0.0765. The van der Waals surface area contributed by atoms with E-state index < -0.39 is 0 Å². The summed E-state index contributed by atoms with van der Waals surface area (Å²) >= 11 is 0. The molecule has 98 valence electrons. The van der Waals surface area contributed by atoms with E-state index in [0.717, 1.165) is 31.9 Å². The van der Waals surface area contributed by atoms with Crippen molar-refractivity contribution in [3.8, 4) is 5.69 Å². The van der Waals surface area contributed by atoms with Crippen LogP contribution in [0.15, 0.2) is 42.7 Å². The van der Waals surface area contributed by atoms with Gasteiger partial charge in [-0.2, -0.15) is 5.10 Å². The van der Waals surface area contributed by atoms with Gasteiger partial charge in [0.15, 0.2) is 0 Å². The molecule has 0 bridgehead atoms. The summed E-state index contributed by atoms with van der Waals surface area (Å²) < 4.78 is 1.73. The van der Waals surface area contributed by atoms with Gasteiger partial charge in [0, 0.05) is 38.6 Å². The van der Waals surface area contributed by atoms with Crippen molar-refractivity contribution in [3.63, 3.8) is 0 Å². The Balaban J connectivity index is 1.94. The van der Waals surface area contributed by atoms with Gasteiger partial charge in [0.05, 0.1) is 11.3 Å². The molecule has 2 aromatic rings. The molecule has 0 unspecified atom stereocenters. The summed E-state index contributed by atoms with van der Waals surface area (Å²) in [7, 11) is 0. The molecule has 1 saturated heterocycles. The molecule has 19 heavy (non-hydrogen) atoms. The van der Waals surface area contributed by atoms with Gasteiger partial charge in [0.1, 0.15) is 0 Å². The molecule has 1 aromatic heterocycles. The molecule has 1 aliphatic rings. The fourth-order valence-corrected chi connectivity index (χ4v) is 2.30. The van der Waals surface area contributed by atoms with Gasteiger partial charge in [0.25, 0.3) is 5.91 Å². The molecule has 1 aliphatic heterocycles. The zero-order chi connectivity index (χ0) is 13.1. The zero-order valence-electron chi connectivity index (χ0n) is 10.6. The van der Waals surface area contributed by atoms with Crippen LogP contribution >= 0.6 is 0 Å². The molecule has 1 N–H and O–H groups in total. The lowest BCUT2D eigenvalue weighted by atomic mass is 10.1. The Kier molecular flexibility index (Phi) is 3.29. The van der Waals surface area contributed by atoms with Crippen LogP contribution in [-0.4, -0.2) is 46.8 Å². The van der Waals surface area contributed by atoms with E-state index in [9.17, 15) is 4.79 Å². The number of nitrogens with zero attached hydrogens (tertiary/aromatic N) is 3. The third-order valence-corrected chi connectivity index (χ3v) is 3.29. The Morgan fingerprint density at radius 3 is 2.68 bits per heavy atom. The Morgan fingerprint density at radius 1 is 1.16 bits per heavy atom. The number of hydrogen-bond donors (Lipinski definition) is 1. The van der Waals surface area contributed by atoms with E-state index in [1.165, 1.54) is 0 Å². The molecular weight excluding hydrogens is 240 g/mol. The molecule has 2 heterocycles. The summed E-state index contributed by atoms with van der Waals surface area (Å²) in [6, 6.07) is 9.45. The number of benzene rings is 1. The summed E-state index contributed by atoms with van der Waals surface area (Å²) in [6.45, 7) is 3.23. The summed E-state index contributed by atoms with van der Waals surface area (Å²) in [4.78, 5) is 14.5. The lowest BCUT2D eigenvalue weighted by Gasteiger charge is -2.28. The molecule has 0 saturated carbocycles. The summed E-state index contributed by atoms with van der Waals surface area (Å²) in [5.74, 6) is 0.0765. The molecule has 0 aliphatic carbocycles. The van der Waals surface area contributed by atoms with E-state index >= 15 is 0 Å². The van der Waals surface area contributed by atoms with Crippen LogP contribution in [0.2, 0.25) is 0 Å². The topological polar surface area (TPSA) is 50.2 Å². The highest BCUT2D eigenvalue weighted by Crippen LogP contribution is 2.16. The van der Waals surface area contributed by atoms with E-state index in [1.807, 2.05) is 41.4 Å². The molecule has 3 rings (SSSR count). The molecule has 5 nitrogen and oxygen atoms in total. The van der Waals surface area contributed by atoms with Gasteiger partial charge >= 0.3 is 0 Å². The van der Waals surface area contributed by atoms with Crippen molar-refractivity contribution in [1.29, 1.82) is 0 Å². The summed E-state index contributed by atoms with van der Waals surface area (Å²) in [5, 5.41) is 7.46. The molecule has 0 spiro atoms. The number of carbonyl (C=O) groups is 1.